The SMILES string of the molecule is Cc1cc(NC(=O)c2cc3nc(-c4ccc(Cl)cc4)cc(C(F)(F)F)n3n2)nn1Cc1cccc(Cl)c1. The van der Waals surface area contributed by atoms with E-state index in [4.69, 9.17) is 23.2 Å². The molecule has 3 aromatic heterocycles. The van der Waals surface area contributed by atoms with E-state index in [1.54, 1.807) is 47.1 Å². The van der Waals surface area contributed by atoms with Crippen LogP contribution in [0.25, 0.3) is 16.9 Å². The molecule has 0 radical (unpaired) electrons. The van der Waals surface area contributed by atoms with Gasteiger partial charge in [0, 0.05) is 33.4 Å². The van der Waals surface area contributed by atoms with Gasteiger partial charge < -0.3 is 5.32 Å². The van der Waals surface area contributed by atoms with Gasteiger partial charge in [0.2, 0.25) is 0 Å². The monoisotopic (exact) mass is 544 g/mol. The number of hydrogen-bond donors (Lipinski definition) is 1. The Balaban J connectivity index is 1.44. The average molecular weight is 545 g/mol. The molecule has 37 heavy (non-hydrogen) atoms. The molecule has 5 rings (SSSR count). The summed E-state index contributed by atoms with van der Waals surface area (Å²) >= 11 is 11.9. The predicted octanol–water partition coefficient (Wildman–Crippen LogP) is 6.53. The molecule has 0 aliphatic carbocycles. The summed E-state index contributed by atoms with van der Waals surface area (Å²) in [4.78, 5) is 17.2. The maximum atomic E-state index is 13.9. The van der Waals surface area contributed by atoms with Crippen molar-refractivity contribution in [3.8, 4) is 11.3 Å². The summed E-state index contributed by atoms with van der Waals surface area (Å²) in [6.45, 7) is 2.24. The second-order valence-electron chi connectivity index (χ2n) is 8.24. The Morgan fingerprint density at radius 3 is 2.43 bits per heavy atom. The number of halogens is 5. The first-order valence-corrected chi connectivity index (χ1v) is 11.7. The fourth-order valence-electron chi connectivity index (χ4n) is 3.78. The molecule has 0 bridgehead atoms. The van der Waals surface area contributed by atoms with Gasteiger partial charge in [0.1, 0.15) is 0 Å². The number of carbonyl (C=O) groups is 1. The smallest absolute Gasteiger partial charge is 0.304 e. The second-order valence-corrected chi connectivity index (χ2v) is 9.12. The predicted molar refractivity (Wildman–Crippen MR) is 134 cm³/mol. The van der Waals surface area contributed by atoms with E-state index < -0.39 is 17.8 Å². The Morgan fingerprint density at radius 2 is 1.73 bits per heavy atom. The number of hydrogen-bond acceptors (Lipinski definition) is 4. The molecule has 0 saturated heterocycles. The Labute approximate surface area is 218 Å². The van der Waals surface area contributed by atoms with Gasteiger partial charge in [0.05, 0.1) is 12.2 Å². The molecular weight excluding hydrogens is 528 g/mol. The van der Waals surface area contributed by atoms with Crippen LogP contribution in [0, 0.1) is 6.92 Å². The number of nitrogens with one attached hydrogen (secondary N) is 1. The molecule has 188 valence electrons. The molecule has 2 aromatic carbocycles. The zero-order valence-corrected chi connectivity index (χ0v) is 20.6. The van der Waals surface area contributed by atoms with E-state index in [2.05, 4.69) is 20.5 Å². The number of fused-ring (bicyclic) bond motifs is 1. The van der Waals surface area contributed by atoms with Crippen LogP contribution >= 0.6 is 23.2 Å². The summed E-state index contributed by atoms with van der Waals surface area (Å²) in [5, 5.41) is 11.9. The topological polar surface area (TPSA) is 77.1 Å². The van der Waals surface area contributed by atoms with E-state index in [9.17, 15) is 18.0 Å². The van der Waals surface area contributed by atoms with Crippen molar-refractivity contribution in [2.75, 3.05) is 5.32 Å². The molecular formula is C25H17Cl2F3N6O. The quantitative estimate of drug-likeness (QED) is 0.273. The van der Waals surface area contributed by atoms with Gasteiger partial charge in [-0.15, -0.1) is 0 Å². The number of rotatable bonds is 5. The van der Waals surface area contributed by atoms with Crippen molar-refractivity contribution < 1.29 is 18.0 Å². The van der Waals surface area contributed by atoms with Gasteiger partial charge >= 0.3 is 6.18 Å². The highest BCUT2D eigenvalue weighted by Gasteiger charge is 2.35. The summed E-state index contributed by atoms with van der Waals surface area (Å²) in [6, 6.07) is 17.2. The van der Waals surface area contributed by atoms with Crippen molar-refractivity contribution in [3.05, 3.63) is 99.4 Å². The summed E-state index contributed by atoms with van der Waals surface area (Å²) < 4.78 is 43.8. The van der Waals surface area contributed by atoms with Crippen LogP contribution in [0.4, 0.5) is 19.0 Å². The number of benzene rings is 2. The first-order valence-electron chi connectivity index (χ1n) is 10.9. The Kier molecular flexibility index (Phi) is 6.38. The van der Waals surface area contributed by atoms with Gasteiger partial charge in [-0.05, 0) is 42.8 Å². The van der Waals surface area contributed by atoms with Gasteiger partial charge in [-0.25, -0.2) is 9.50 Å². The minimum atomic E-state index is -4.74. The van der Waals surface area contributed by atoms with Crippen molar-refractivity contribution in [3.63, 3.8) is 0 Å². The van der Waals surface area contributed by atoms with E-state index in [-0.39, 0.29) is 22.9 Å². The van der Waals surface area contributed by atoms with Gasteiger partial charge in [-0.3, -0.25) is 9.48 Å². The molecule has 7 nitrogen and oxygen atoms in total. The van der Waals surface area contributed by atoms with Gasteiger partial charge in [-0.1, -0.05) is 47.5 Å². The minimum absolute atomic E-state index is 0.0683. The van der Waals surface area contributed by atoms with Crippen LogP contribution in [0.3, 0.4) is 0 Å². The molecule has 0 aliphatic heterocycles. The highest BCUT2D eigenvalue weighted by Crippen LogP contribution is 2.32. The average Bonchev–Trinajstić information content (AvgIpc) is 3.41. The summed E-state index contributed by atoms with van der Waals surface area (Å²) in [5.41, 5.74) is 0.742. The van der Waals surface area contributed by atoms with E-state index in [0.29, 0.717) is 26.7 Å². The fraction of sp³-hybridized carbons (Fsp3) is 0.120. The standard InChI is InChI=1S/C25H17Cl2F3N6O/c1-14-9-22(34-35(14)13-15-3-2-4-18(27)10-15)32-24(37)20-12-23-31-19(16-5-7-17(26)8-6-16)11-21(25(28,29)30)36(23)33-20/h2-12H,13H2,1H3,(H,32,34,37). The van der Waals surface area contributed by atoms with E-state index in [1.807, 2.05) is 19.1 Å². The van der Waals surface area contributed by atoms with Crippen molar-refractivity contribution in [2.45, 2.75) is 19.6 Å². The van der Waals surface area contributed by atoms with Crippen LogP contribution in [-0.2, 0) is 12.7 Å². The lowest BCUT2D eigenvalue weighted by Gasteiger charge is -2.11. The zero-order chi connectivity index (χ0) is 26.3. The first-order chi connectivity index (χ1) is 17.6. The molecule has 12 heteroatoms. The number of alkyl halides is 3. The Morgan fingerprint density at radius 1 is 0.973 bits per heavy atom. The van der Waals surface area contributed by atoms with Crippen LogP contribution < -0.4 is 5.32 Å². The lowest BCUT2D eigenvalue weighted by Crippen LogP contribution is -2.16. The molecule has 0 atom stereocenters. The number of carbonyl (C=O) groups excluding carboxylic acids is 1. The summed E-state index contributed by atoms with van der Waals surface area (Å²) in [5.74, 6) is -0.494. The van der Waals surface area contributed by atoms with Crippen LogP contribution in [0.15, 0.2) is 66.7 Å². The van der Waals surface area contributed by atoms with Crippen molar-refractivity contribution in [1.29, 1.82) is 0 Å². The molecule has 1 amide bonds. The third-order valence-electron chi connectivity index (χ3n) is 5.53. The van der Waals surface area contributed by atoms with Gasteiger partial charge in [0.15, 0.2) is 22.9 Å². The highest BCUT2D eigenvalue weighted by molar-refractivity contribution is 6.30. The molecule has 0 saturated carbocycles. The molecule has 3 heterocycles. The van der Waals surface area contributed by atoms with Gasteiger partial charge in [-0.2, -0.15) is 23.4 Å². The number of aryl methyl sites for hydroxylation is 1. The third-order valence-corrected chi connectivity index (χ3v) is 6.02. The van der Waals surface area contributed by atoms with Crippen LogP contribution in [-0.4, -0.2) is 30.3 Å². The van der Waals surface area contributed by atoms with Crippen LogP contribution in [0.1, 0.15) is 27.4 Å². The normalized spacial score (nSPS) is 11.7. The number of amides is 1. The largest absolute Gasteiger partial charge is 0.433 e. The second kappa shape index (κ2) is 9.53. The molecule has 0 spiro atoms. The highest BCUT2D eigenvalue weighted by atomic mass is 35.5. The lowest BCUT2D eigenvalue weighted by atomic mass is 10.1. The van der Waals surface area contributed by atoms with Crippen molar-refractivity contribution in [1.82, 2.24) is 24.4 Å². The molecule has 5 aromatic rings. The molecule has 0 aliphatic rings. The zero-order valence-electron chi connectivity index (χ0n) is 19.1. The molecule has 0 unspecified atom stereocenters. The van der Waals surface area contributed by atoms with E-state index in [1.165, 1.54) is 6.07 Å². The first kappa shape index (κ1) is 24.8. The Bertz CT molecular complexity index is 1630. The minimum Gasteiger partial charge on any atom is -0.304 e. The fourth-order valence-corrected chi connectivity index (χ4v) is 4.11. The maximum Gasteiger partial charge on any atom is 0.433 e. The molecule has 0 fully saturated rings. The lowest BCUT2D eigenvalue weighted by molar-refractivity contribution is -0.142. The number of aromatic nitrogens is 5. The van der Waals surface area contributed by atoms with E-state index in [0.717, 1.165) is 17.3 Å². The third kappa shape index (κ3) is 5.30. The summed E-state index contributed by atoms with van der Waals surface area (Å²) in [7, 11) is 0. The van der Waals surface area contributed by atoms with Crippen LogP contribution in [0.5, 0.6) is 0 Å². The van der Waals surface area contributed by atoms with Crippen LogP contribution in [0.2, 0.25) is 10.0 Å². The van der Waals surface area contributed by atoms with E-state index >= 15 is 0 Å². The van der Waals surface area contributed by atoms with Gasteiger partial charge in [0.25, 0.3) is 5.91 Å². The molecule has 1 N–H and O–H groups in total. The Hall–Kier alpha value is -3.89. The van der Waals surface area contributed by atoms with Crippen molar-refractivity contribution >= 4 is 40.6 Å². The summed E-state index contributed by atoms with van der Waals surface area (Å²) in [6.07, 6.45) is -4.74. The van der Waals surface area contributed by atoms with Crippen molar-refractivity contribution in [2.24, 2.45) is 0 Å². The number of anilines is 1. The maximum absolute atomic E-state index is 13.9. The number of nitrogens with zero attached hydrogens (tertiary/aromatic N) is 5.